The molecule has 0 aromatic heterocycles. The quantitative estimate of drug-likeness (QED) is 0.633. The molecule has 2 aliphatic rings. The summed E-state index contributed by atoms with van der Waals surface area (Å²) in [5.41, 5.74) is 0. The van der Waals surface area contributed by atoms with Crippen LogP contribution >= 0.6 is 0 Å². The number of amides is 1. The Bertz CT molecular complexity index is 208. The molecule has 0 aromatic rings. The van der Waals surface area contributed by atoms with Gasteiger partial charge < -0.3 is 15.3 Å². The summed E-state index contributed by atoms with van der Waals surface area (Å²) in [7, 11) is 0. The Morgan fingerprint density at radius 3 is 2.50 bits per heavy atom. The fraction of sp³-hybridized carbons (Fsp3) is 0.900. The van der Waals surface area contributed by atoms with Crippen molar-refractivity contribution in [2.75, 3.05) is 26.2 Å². The molecule has 0 aromatic carbocycles. The van der Waals surface area contributed by atoms with Gasteiger partial charge in [-0.05, 0) is 31.8 Å². The van der Waals surface area contributed by atoms with E-state index in [-0.39, 0.29) is 12.0 Å². The van der Waals surface area contributed by atoms with Gasteiger partial charge in [0.2, 0.25) is 5.91 Å². The highest BCUT2D eigenvalue weighted by atomic mass is 16.3. The number of nitrogens with one attached hydrogen (secondary N) is 1. The summed E-state index contributed by atoms with van der Waals surface area (Å²) < 4.78 is 0. The van der Waals surface area contributed by atoms with Gasteiger partial charge in [-0.1, -0.05) is 0 Å². The fourth-order valence-electron chi connectivity index (χ4n) is 1.98. The van der Waals surface area contributed by atoms with Crippen molar-refractivity contribution in [1.29, 1.82) is 0 Å². The average Bonchev–Trinajstić information content (AvgIpc) is 2.12. The first-order valence-corrected chi connectivity index (χ1v) is 5.42. The monoisotopic (exact) mass is 198 g/mol. The van der Waals surface area contributed by atoms with E-state index < -0.39 is 0 Å². The van der Waals surface area contributed by atoms with E-state index in [2.05, 4.69) is 5.32 Å². The largest absolute Gasteiger partial charge is 0.393 e. The first kappa shape index (κ1) is 9.93. The molecule has 0 aliphatic carbocycles. The third-order valence-electron chi connectivity index (χ3n) is 3.15. The molecule has 4 nitrogen and oxygen atoms in total. The summed E-state index contributed by atoms with van der Waals surface area (Å²) in [6.07, 6.45) is 1.98. The summed E-state index contributed by atoms with van der Waals surface area (Å²) in [5, 5.41) is 12.5. The van der Waals surface area contributed by atoms with Gasteiger partial charge in [0.1, 0.15) is 0 Å². The third kappa shape index (κ3) is 2.25. The minimum Gasteiger partial charge on any atom is -0.393 e. The molecule has 14 heavy (non-hydrogen) atoms. The Hall–Kier alpha value is -0.610. The molecule has 2 saturated heterocycles. The van der Waals surface area contributed by atoms with E-state index in [9.17, 15) is 9.90 Å². The number of aliphatic hydroxyl groups excluding tert-OH is 1. The number of aliphatic hydroxyl groups is 1. The van der Waals surface area contributed by atoms with Gasteiger partial charge in [-0.3, -0.25) is 4.79 Å². The molecule has 2 rings (SSSR count). The number of carbonyl (C=O) groups is 1. The highest BCUT2D eigenvalue weighted by Gasteiger charge is 2.25. The second-order valence-corrected chi connectivity index (χ2v) is 4.34. The molecule has 0 saturated carbocycles. The third-order valence-corrected chi connectivity index (χ3v) is 3.15. The normalized spacial score (nSPS) is 24.8. The first-order chi connectivity index (χ1) is 6.75. The van der Waals surface area contributed by atoms with Crippen molar-refractivity contribution in [3.8, 4) is 0 Å². The lowest BCUT2D eigenvalue weighted by atomic mass is 9.98. The summed E-state index contributed by atoms with van der Waals surface area (Å²) in [5.74, 6) is 0.817. The Morgan fingerprint density at radius 2 is 2.00 bits per heavy atom. The molecular weight excluding hydrogens is 180 g/mol. The Kier molecular flexibility index (Phi) is 3.03. The lowest BCUT2D eigenvalue weighted by Gasteiger charge is -2.33. The highest BCUT2D eigenvalue weighted by molar-refractivity contribution is 5.76. The van der Waals surface area contributed by atoms with Crippen LogP contribution in [0.15, 0.2) is 0 Å². The van der Waals surface area contributed by atoms with Crippen molar-refractivity contribution in [1.82, 2.24) is 10.2 Å². The minimum absolute atomic E-state index is 0.190. The molecule has 0 unspecified atom stereocenters. The molecule has 2 N–H and O–H groups in total. The van der Waals surface area contributed by atoms with Gasteiger partial charge in [0.25, 0.3) is 0 Å². The molecule has 2 heterocycles. The van der Waals surface area contributed by atoms with Crippen molar-refractivity contribution in [3.63, 3.8) is 0 Å². The van der Waals surface area contributed by atoms with E-state index in [1.54, 1.807) is 0 Å². The molecule has 2 aliphatic heterocycles. The maximum atomic E-state index is 11.7. The van der Waals surface area contributed by atoms with Gasteiger partial charge in [0.15, 0.2) is 0 Å². The first-order valence-electron chi connectivity index (χ1n) is 5.42. The number of hydrogen-bond acceptors (Lipinski definition) is 3. The van der Waals surface area contributed by atoms with Crippen LogP contribution in [0.25, 0.3) is 0 Å². The molecule has 0 bridgehead atoms. The zero-order valence-corrected chi connectivity index (χ0v) is 8.41. The predicted octanol–water partition coefficient (Wildman–Crippen LogP) is -0.421. The van der Waals surface area contributed by atoms with Crippen molar-refractivity contribution in [2.45, 2.75) is 25.4 Å². The van der Waals surface area contributed by atoms with Gasteiger partial charge in [-0.15, -0.1) is 0 Å². The topological polar surface area (TPSA) is 52.6 Å². The van der Waals surface area contributed by atoms with Gasteiger partial charge in [0.05, 0.1) is 6.10 Å². The van der Waals surface area contributed by atoms with Crippen LogP contribution in [0.2, 0.25) is 0 Å². The zero-order valence-electron chi connectivity index (χ0n) is 8.41. The number of hydrogen-bond donors (Lipinski definition) is 2. The van der Waals surface area contributed by atoms with Gasteiger partial charge in [-0.2, -0.15) is 0 Å². The predicted molar refractivity (Wildman–Crippen MR) is 52.8 cm³/mol. The summed E-state index contributed by atoms with van der Waals surface area (Å²) in [4.78, 5) is 13.6. The molecule has 2 fully saturated rings. The van der Waals surface area contributed by atoms with Crippen LogP contribution in [-0.2, 0) is 4.79 Å². The molecule has 0 spiro atoms. The molecule has 1 amide bonds. The summed E-state index contributed by atoms with van der Waals surface area (Å²) >= 11 is 0. The number of rotatable bonds is 2. The second kappa shape index (κ2) is 4.28. The Labute approximate surface area is 84.3 Å². The van der Waals surface area contributed by atoms with E-state index >= 15 is 0 Å². The maximum Gasteiger partial charge on any atom is 0.222 e. The molecule has 0 radical (unpaired) electrons. The van der Waals surface area contributed by atoms with Crippen molar-refractivity contribution < 1.29 is 9.90 Å². The van der Waals surface area contributed by atoms with E-state index in [0.717, 1.165) is 39.0 Å². The SMILES string of the molecule is O=C(CC1CNC1)N1CCC(O)CC1. The second-order valence-electron chi connectivity index (χ2n) is 4.34. The van der Waals surface area contributed by atoms with Crippen LogP contribution in [0.4, 0.5) is 0 Å². The zero-order chi connectivity index (χ0) is 9.97. The minimum atomic E-state index is -0.190. The van der Waals surface area contributed by atoms with Crippen LogP contribution in [0.5, 0.6) is 0 Å². The smallest absolute Gasteiger partial charge is 0.222 e. The lowest BCUT2D eigenvalue weighted by Crippen LogP contribution is -2.47. The molecule has 0 atom stereocenters. The van der Waals surface area contributed by atoms with Crippen LogP contribution < -0.4 is 5.32 Å². The molecular formula is C10H18N2O2. The van der Waals surface area contributed by atoms with E-state index in [1.807, 2.05) is 4.90 Å². The van der Waals surface area contributed by atoms with Gasteiger partial charge >= 0.3 is 0 Å². The van der Waals surface area contributed by atoms with Crippen molar-refractivity contribution in [3.05, 3.63) is 0 Å². The highest BCUT2D eigenvalue weighted by Crippen LogP contribution is 2.15. The van der Waals surface area contributed by atoms with Gasteiger partial charge in [0, 0.05) is 19.5 Å². The Morgan fingerprint density at radius 1 is 1.36 bits per heavy atom. The number of nitrogens with zero attached hydrogens (tertiary/aromatic N) is 1. The molecule has 4 heteroatoms. The van der Waals surface area contributed by atoms with Gasteiger partial charge in [-0.25, -0.2) is 0 Å². The van der Waals surface area contributed by atoms with Crippen LogP contribution in [0, 0.1) is 5.92 Å². The van der Waals surface area contributed by atoms with E-state index in [0.29, 0.717) is 12.3 Å². The van der Waals surface area contributed by atoms with E-state index in [1.165, 1.54) is 0 Å². The van der Waals surface area contributed by atoms with Crippen LogP contribution in [0.3, 0.4) is 0 Å². The number of piperidine rings is 1. The lowest BCUT2D eigenvalue weighted by molar-refractivity contribution is -0.134. The van der Waals surface area contributed by atoms with Crippen LogP contribution in [-0.4, -0.2) is 48.2 Å². The van der Waals surface area contributed by atoms with Crippen LogP contribution in [0.1, 0.15) is 19.3 Å². The summed E-state index contributed by atoms with van der Waals surface area (Å²) in [6.45, 7) is 3.45. The average molecular weight is 198 g/mol. The van der Waals surface area contributed by atoms with Crippen molar-refractivity contribution >= 4 is 5.91 Å². The van der Waals surface area contributed by atoms with Crippen molar-refractivity contribution in [2.24, 2.45) is 5.92 Å². The Balaban J connectivity index is 1.74. The fourth-order valence-corrected chi connectivity index (χ4v) is 1.98. The number of carbonyl (C=O) groups excluding carboxylic acids is 1. The van der Waals surface area contributed by atoms with E-state index in [4.69, 9.17) is 0 Å². The molecule has 80 valence electrons. The number of likely N-dealkylation sites (tertiary alicyclic amines) is 1. The standard InChI is InChI=1S/C10H18N2O2/c13-9-1-3-12(4-2-9)10(14)5-8-6-11-7-8/h8-9,11,13H,1-7H2. The summed E-state index contributed by atoms with van der Waals surface area (Å²) in [6, 6.07) is 0. The maximum absolute atomic E-state index is 11.7.